The van der Waals surface area contributed by atoms with Crippen LogP contribution in [0.25, 0.3) is 0 Å². The Morgan fingerprint density at radius 2 is 1.11 bits per heavy atom. The molecule has 0 radical (unpaired) electrons. The van der Waals surface area contributed by atoms with Crippen LogP contribution in [0.4, 0.5) is 0 Å². The zero-order chi connectivity index (χ0) is 18.7. The maximum absolute atomic E-state index is 9.41. The SMILES string of the molecule is O/N=C1\CCCCCCC2CCC(CCCCCCc3ccc1cc3)CC2. The fourth-order valence-electron chi connectivity index (χ4n) is 5.12. The quantitative estimate of drug-likeness (QED) is 0.372. The topological polar surface area (TPSA) is 32.6 Å². The molecule has 1 aromatic carbocycles. The molecule has 0 heterocycles. The Kier molecular flexibility index (Phi) is 8.71. The Bertz CT molecular complexity index is 554. The monoisotopic (exact) mass is 369 g/mol. The van der Waals surface area contributed by atoms with Gasteiger partial charge in [-0.1, -0.05) is 106 Å². The molecule has 4 bridgehead atoms. The van der Waals surface area contributed by atoms with Crippen LogP contribution in [0.2, 0.25) is 0 Å². The third-order valence-electron chi connectivity index (χ3n) is 6.98. The van der Waals surface area contributed by atoms with Crippen molar-refractivity contribution in [3.05, 3.63) is 35.4 Å². The lowest BCUT2D eigenvalue weighted by Gasteiger charge is -2.28. The molecule has 1 saturated carbocycles. The first-order valence-corrected chi connectivity index (χ1v) is 11.7. The highest BCUT2D eigenvalue weighted by molar-refractivity contribution is 6.00. The zero-order valence-corrected chi connectivity index (χ0v) is 17.2. The van der Waals surface area contributed by atoms with E-state index >= 15 is 0 Å². The van der Waals surface area contributed by atoms with Crippen molar-refractivity contribution in [2.24, 2.45) is 17.0 Å². The van der Waals surface area contributed by atoms with Gasteiger partial charge >= 0.3 is 0 Å². The molecule has 1 N–H and O–H groups in total. The first-order valence-electron chi connectivity index (χ1n) is 11.7. The molecule has 1 aromatic rings. The van der Waals surface area contributed by atoms with Crippen molar-refractivity contribution < 1.29 is 5.21 Å². The van der Waals surface area contributed by atoms with E-state index in [1.165, 1.54) is 95.5 Å². The van der Waals surface area contributed by atoms with Crippen LogP contribution in [0.3, 0.4) is 0 Å². The summed E-state index contributed by atoms with van der Waals surface area (Å²) >= 11 is 0. The van der Waals surface area contributed by atoms with Crippen LogP contribution in [0.15, 0.2) is 29.4 Å². The standard InChI is InChI=1S/C25H39NO/c27-26-25-12-8-4-3-7-10-22-15-13-21(14-16-22)9-5-1-2-6-11-23-17-19-24(25)20-18-23/h17-22,27H,1-16H2/b26-25+. The van der Waals surface area contributed by atoms with Crippen LogP contribution in [-0.4, -0.2) is 10.9 Å². The summed E-state index contributed by atoms with van der Waals surface area (Å²) in [4.78, 5) is 0. The Hall–Kier alpha value is -1.31. The second kappa shape index (κ2) is 11.5. The molecule has 2 heteroatoms. The van der Waals surface area contributed by atoms with Gasteiger partial charge in [0.05, 0.1) is 5.71 Å². The van der Waals surface area contributed by atoms with Crippen molar-refractivity contribution in [3.63, 3.8) is 0 Å². The van der Waals surface area contributed by atoms with E-state index in [-0.39, 0.29) is 0 Å². The summed E-state index contributed by atoms with van der Waals surface area (Å²) in [5.41, 5.74) is 3.36. The van der Waals surface area contributed by atoms with Crippen molar-refractivity contribution in [1.82, 2.24) is 0 Å². The lowest BCUT2D eigenvalue weighted by atomic mass is 9.78. The van der Waals surface area contributed by atoms with Crippen LogP contribution in [0.1, 0.15) is 107 Å². The molecular formula is C25H39NO. The number of hydrogen-bond acceptors (Lipinski definition) is 2. The van der Waals surface area contributed by atoms with Gasteiger partial charge in [0.15, 0.2) is 0 Å². The molecule has 2 nitrogen and oxygen atoms in total. The first kappa shape index (κ1) is 20.4. The number of benzene rings is 1. The molecule has 6 rings (SSSR count). The fourth-order valence-corrected chi connectivity index (χ4v) is 5.12. The second-order valence-electron chi connectivity index (χ2n) is 9.04. The molecule has 0 unspecified atom stereocenters. The van der Waals surface area contributed by atoms with E-state index in [1.807, 2.05) is 0 Å². The Labute approximate surface area is 166 Å². The minimum absolute atomic E-state index is 0.853. The van der Waals surface area contributed by atoms with E-state index in [9.17, 15) is 5.21 Å². The van der Waals surface area contributed by atoms with Crippen LogP contribution in [0, 0.1) is 11.8 Å². The summed E-state index contributed by atoms with van der Waals surface area (Å²) in [6.07, 6.45) is 21.5. The molecular weight excluding hydrogens is 330 g/mol. The lowest BCUT2D eigenvalue weighted by Crippen LogP contribution is -2.14. The summed E-state index contributed by atoms with van der Waals surface area (Å²) in [6, 6.07) is 8.73. The summed E-state index contributed by atoms with van der Waals surface area (Å²) in [6.45, 7) is 0. The van der Waals surface area contributed by atoms with E-state index in [1.54, 1.807) is 0 Å². The van der Waals surface area contributed by atoms with Crippen molar-refractivity contribution in [2.45, 2.75) is 103 Å². The minimum Gasteiger partial charge on any atom is -0.411 e. The van der Waals surface area contributed by atoms with Gasteiger partial charge in [0, 0.05) is 0 Å². The van der Waals surface area contributed by atoms with E-state index in [4.69, 9.17) is 0 Å². The molecule has 0 amide bonds. The van der Waals surface area contributed by atoms with Gasteiger partial charge < -0.3 is 5.21 Å². The molecule has 0 saturated heterocycles. The van der Waals surface area contributed by atoms with Crippen molar-refractivity contribution >= 4 is 5.71 Å². The van der Waals surface area contributed by atoms with E-state index in [0.29, 0.717) is 0 Å². The number of hydrogen-bond donors (Lipinski definition) is 1. The molecule has 27 heavy (non-hydrogen) atoms. The number of nitrogens with zero attached hydrogens (tertiary/aromatic N) is 1. The van der Waals surface area contributed by atoms with Gasteiger partial charge in [-0.3, -0.25) is 0 Å². The summed E-state index contributed by atoms with van der Waals surface area (Å²) in [7, 11) is 0. The van der Waals surface area contributed by atoms with Gasteiger partial charge in [-0.15, -0.1) is 0 Å². The molecule has 5 aliphatic rings. The Balaban J connectivity index is 1.53. The van der Waals surface area contributed by atoms with Crippen molar-refractivity contribution in [3.8, 4) is 0 Å². The van der Waals surface area contributed by atoms with Crippen LogP contribution < -0.4 is 0 Å². The minimum atomic E-state index is 0.853. The maximum Gasteiger partial charge on any atom is 0.0867 e. The smallest absolute Gasteiger partial charge is 0.0867 e. The molecule has 0 spiro atoms. The molecule has 150 valence electrons. The summed E-state index contributed by atoms with van der Waals surface area (Å²) < 4.78 is 0. The average molecular weight is 370 g/mol. The summed E-state index contributed by atoms with van der Waals surface area (Å²) in [5, 5.41) is 13.0. The van der Waals surface area contributed by atoms with Gasteiger partial charge in [-0.25, -0.2) is 0 Å². The predicted molar refractivity (Wildman–Crippen MR) is 115 cm³/mol. The Morgan fingerprint density at radius 1 is 0.593 bits per heavy atom. The van der Waals surface area contributed by atoms with Crippen LogP contribution in [0.5, 0.6) is 0 Å². The third-order valence-corrected chi connectivity index (χ3v) is 6.98. The van der Waals surface area contributed by atoms with Crippen LogP contribution >= 0.6 is 0 Å². The lowest BCUT2D eigenvalue weighted by molar-refractivity contribution is 0.244. The second-order valence-corrected chi connectivity index (χ2v) is 9.04. The third kappa shape index (κ3) is 6.97. The predicted octanol–water partition coefficient (Wildman–Crippen LogP) is 7.52. The number of rotatable bonds is 0. The highest BCUT2D eigenvalue weighted by Gasteiger charge is 2.20. The maximum atomic E-state index is 9.41. The number of oxime groups is 1. The normalized spacial score (nSPS) is 28.1. The van der Waals surface area contributed by atoms with E-state index in [0.717, 1.165) is 36.0 Å². The highest BCUT2D eigenvalue weighted by atomic mass is 16.4. The van der Waals surface area contributed by atoms with Gasteiger partial charge in [0.1, 0.15) is 0 Å². The van der Waals surface area contributed by atoms with Gasteiger partial charge in [0.2, 0.25) is 0 Å². The van der Waals surface area contributed by atoms with Crippen LogP contribution in [-0.2, 0) is 6.42 Å². The van der Waals surface area contributed by atoms with Gasteiger partial charge in [-0.2, -0.15) is 0 Å². The van der Waals surface area contributed by atoms with Crippen molar-refractivity contribution in [1.29, 1.82) is 0 Å². The average Bonchev–Trinajstić information content (AvgIpc) is 2.71. The largest absolute Gasteiger partial charge is 0.411 e. The number of aryl methyl sites for hydroxylation is 1. The molecule has 0 aliphatic heterocycles. The van der Waals surface area contributed by atoms with Gasteiger partial charge in [-0.05, 0) is 48.6 Å². The molecule has 5 aliphatic carbocycles. The van der Waals surface area contributed by atoms with Crippen molar-refractivity contribution in [2.75, 3.05) is 0 Å². The molecule has 1 fully saturated rings. The fraction of sp³-hybridized carbons (Fsp3) is 0.720. The van der Waals surface area contributed by atoms with E-state index in [2.05, 4.69) is 29.4 Å². The van der Waals surface area contributed by atoms with Gasteiger partial charge in [0.25, 0.3) is 0 Å². The zero-order valence-electron chi connectivity index (χ0n) is 17.2. The summed E-state index contributed by atoms with van der Waals surface area (Å²) in [5.74, 6) is 2.03. The Morgan fingerprint density at radius 3 is 1.67 bits per heavy atom. The van der Waals surface area contributed by atoms with E-state index < -0.39 is 0 Å². The highest BCUT2D eigenvalue weighted by Crippen LogP contribution is 2.34. The first-order chi connectivity index (χ1) is 13.3. The molecule has 0 atom stereocenters. The molecule has 0 aromatic heterocycles.